The number of nitrogens with zero attached hydrogens (tertiary/aromatic N) is 5. The zero-order valence-corrected chi connectivity index (χ0v) is 21.6. The molecule has 0 atom stereocenters. The lowest BCUT2D eigenvalue weighted by Crippen LogP contribution is -2.37. The summed E-state index contributed by atoms with van der Waals surface area (Å²) in [6.45, 7) is 8.95. The number of benzene rings is 2. The first-order valence-corrected chi connectivity index (χ1v) is 12.6. The fraction of sp³-hybridized carbons (Fsp3) is 0.357. The van der Waals surface area contributed by atoms with Gasteiger partial charge in [0.2, 0.25) is 0 Å². The minimum Gasteiger partial charge on any atom is -0.378 e. The molecule has 0 unspecified atom stereocenters. The van der Waals surface area contributed by atoms with E-state index in [-0.39, 0.29) is 5.78 Å². The van der Waals surface area contributed by atoms with Gasteiger partial charge >= 0.3 is 0 Å². The van der Waals surface area contributed by atoms with Gasteiger partial charge in [0.05, 0.1) is 19.5 Å². The minimum absolute atomic E-state index is 0.196. The maximum atomic E-state index is 12.6. The number of anilines is 1. The van der Waals surface area contributed by atoms with Crippen LogP contribution >= 0.6 is 0 Å². The molecule has 0 bridgehead atoms. The van der Waals surface area contributed by atoms with Crippen molar-refractivity contribution in [2.24, 2.45) is 7.05 Å². The Morgan fingerprint density at radius 2 is 1.56 bits per heavy atom. The number of carbonyl (C=O) groups is 1. The molecule has 7 nitrogen and oxygen atoms in total. The molecule has 1 saturated heterocycles. The number of ketones is 1. The van der Waals surface area contributed by atoms with Crippen molar-refractivity contribution in [2.75, 3.05) is 31.2 Å². The van der Waals surface area contributed by atoms with Crippen molar-refractivity contribution in [1.29, 1.82) is 0 Å². The highest BCUT2D eigenvalue weighted by Gasteiger charge is 2.20. The summed E-state index contributed by atoms with van der Waals surface area (Å²) in [7, 11) is 4.01. The number of ether oxygens (including phenoxy) is 1. The molecule has 0 spiro atoms. The normalized spacial score (nSPS) is 13.3. The van der Waals surface area contributed by atoms with E-state index in [1.165, 1.54) is 0 Å². The summed E-state index contributed by atoms with van der Waals surface area (Å²) in [4.78, 5) is 28.9. The maximum absolute atomic E-state index is 12.6. The van der Waals surface area contributed by atoms with E-state index in [4.69, 9.17) is 14.7 Å². The van der Waals surface area contributed by atoms with E-state index in [2.05, 4.69) is 9.88 Å². The Bertz CT molecular complexity index is 1300. The number of imidazole rings is 1. The van der Waals surface area contributed by atoms with Gasteiger partial charge < -0.3 is 14.2 Å². The minimum atomic E-state index is 0.196. The van der Waals surface area contributed by atoms with Gasteiger partial charge in [-0.1, -0.05) is 74.7 Å². The first-order chi connectivity index (χ1) is 17.6. The fourth-order valence-electron chi connectivity index (χ4n) is 4.28. The van der Waals surface area contributed by atoms with Crippen molar-refractivity contribution in [3.05, 3.63) is 66.0 Å². The quantitative estimate of drug-likeness (QED) is 0.375. The third kappa shape index (κ3) is 5.82. The molecule has 1 radical (unpaired) electrons. The van der Waals surface area contributed by atoms with Crippen LogP contribution in [0.2, 0.25) is 6.82 Å². The van der Waals surface area contributed by atoms with Crippen LogP contribution in [0.15, 0.2) is 54.9 Å². The van der Waals surface area contributed by atoms with E-state index in [0.29, 0.717) is 37.5 Å². The molecule has 185 valence electrons. The fourth-order valence-corrected chi connectivity index (χ4v) is 4.28. The molecule has 1 fully saturated rings. The molecule has 36 heavy (non-hydrogen) atoms. The number of rotatable bonds is 7. The molecule has 4 aromatic rings. The first-order valence-electron chi connectivity index (χ1n) is 12.6. The van der Waals surface area contributed by atoms with Crippen LogP contribution < -0.4 is 10.4 Å². The van der Waals surface area contributed by atoms with Crippen LogP contribution in [0.3, 0.4) is 0 Å². The van der Waals surface area contributed by atoms with Crippen molar-refractivity contribution < 1.29 is 9.53 Å². The number of Topliss-reactive ketones (excluding diaryl/α,β-unsaturated/α-hetero) is 1. The largest absolute Gasteiger partial charge is 0.378 e. The number of fused-ring (bicyclic) bond motifs is 1. The highest BCUT2D eigenvalue weighted by molar-refractivity contribution is 6.51. The van der Waals surface area contributed by atoms with E-state index >= 15 is 0 Å². The second-order valence-corrected chi connectivity index (χ2v) is 8.62. The van der Waals surface area contributed by atoms with E-state index in [9.17, 15) is 4.79 Å². The van der Waals surface area contributed by atoms with Crippen LogP contribution in [0, 0.1) is 0 Å². The van der Waals surface area contributed by atoms with Crippen LogP contribution in [0.1, 0.15) is 25.0 Å². The molecule has 2 aromatic carbocycles. The highest BCUT2D eigenvalue weighted by Crippen LogP contribution is 2.27. The van der Waals surface area contributed by atoms with Gasteiger partial charge in [-0.25, -0.2) is 15.0 Å². The smallest absolute Gasteiger partial charge is 0.183 e. The number of carbonyl (C=O) groups excluding carboxylic acids is 1. The monoisotopic (exact) mass is 482 g/mol. The van der Waals surface area contributed by atoms with Crippen LogP contribution in [0.25, 0.3) is 22.6 Å². The molecule has 0 N–H and O–H groups in total. The summed E-state index contributed by atoms with van der Waals surface area (Å²) in [6.07, 6.45) is 2.62. The number of aryl methyl sites for hydroxylation is 1. The SMILES string of the molecule is CC.C[B]c1ccc(CC(=O)Cc2ccc(-c3nc(N4CCOCC4)c4c(ncn4C)n3)cc2)cc1. The Kier molecular flexibility index (Phi) is 8.49. The lowest BCUT2D eigenvalue weighted by Gasteiger charge is -2.28. The molecule has 5 rings (SSSR count). The van der Waals surface area contributed by atoms with Crippen molar-refractivity contribution in [3.8, 4) is 11.4 Å². The zero-order valence-electron chi connectivity index (χ0n) is 21.6. The third-order valence-corrected chi connectivity index (χ3v) is 6.19. The number of hydrogen-bond donors (Lipinski definition) is 0. The highest BCUT2D eigenvalue weighted by atomic mass is 16.5. The molecule has 0 amide bonds. The summed E-state index contributed by atoms with van der Waals surface area (Å²) in [6, 6.07) is 16.1. The van der Waals surface area contributed by atoms with Gasteiger partial charge in [0.15, 0.2) is 17.3 Å². The van der Waals surface area contributed by atoms with Crippen molar-refractivity contribution in [2.45, 2.75) is 33.5 Å². The predicted molar refractivity (Wildman–Crippen MR) is 146 cm³/mol. The van der Waals surface area contributed by atoms with Crippen molar-refractivity contribution in [3.63, 3.8) is 0 Å². The molecule has 3 heterocycles. The Morgan fingerprint density at radius 3 is 2.17 bits per heavy atom. The molecule has 2 aromatic heterocycles. The summed E-state index contributed by atoms with van der Waals surface area (Å²) in [5.74, 6) is 1.72. The average Bonchev–Trinajstić information content (AvgIpc) is 3.31. The lowest BCUT2D eigenvalue weighted by atomic mass is 9.73. The van der Waals surface area contributed by atoms with Crippen LogP contribution in [-0.4, -0.2) is 58.9 Å². The Balaban J connectivity index is 0.00000148. The number of hydrogen-bond acceptors (Lipinski definition) is 6. The van der Waals surface area contributed by atoms with Gasteiger partial charge in [-0.2, -0.15) is 0 Å². The third-order valence-electron chi connectivity index (χ3n) is 6.19. The van der Waals surface area contributed by atoms with Gasteiger partial charge in [-0.3, -0.25) is 4.79 Å². The first kappa shape index (κ1) is 25.6. The molecule has 0 saturated carbocycles. The standard InChI is InChI=1S/C26H27BN5O2.C2H6/c1-27-21-9-5-19(6-10-21)16-22(33)15-18-3-7-20(8-4-18)24-29-25-23(31(2)17-28-25)26(30-24)32-11-13-34-14-12-32;1-2/h3-10,17H,11-16H2,1-2H3;1-2H3. The van der Waals surface area contributed by atoms with Crippen molar-refractivity contribution in [1.82, 2.24) is 19.5 Å². The molecule has 0 aliphatic carbocycles. The van der Waals surface area contributed by atoms with Gasteiger partial charge in [0.25, 0.3) is 0 Å². The van der Waals surface area contributed by atoms with Gasteiger partial charge in [0.1, 0.15) is 18.6 Å². The zero-order chi connectivity index (χ0) is 25.5. The van der Waals surface area contributed by atoms with Crippen LogP contribution in [0.5, 0.6) is 0 Å². The average molecular weight is 482 g/mol. The second-order valence-electron chi connectivity index (χ2n) is 8.62. The Hall–Kier alpha value is -3.52. The van der Waals surface area contributed by atoms with E-state index in [0.717, 1.165) is 46.6 Å². The lowest BCUT2D eigenvalue weighted by molar-refractivity contribution is -0.117. The number of aromatic nitrogens is 4. The molecular formula is C28H33BN5O2. The van der Waals surface area contributed by atoms with Crippen molar-refractivity contribution >= 4 is 35.5 Å². The Morgan fingerprint density at radius 1 is 0.944 bits per heavy atom. The molecular weight excluding hydrogens is 449 g/mol. The summed E-state index contributed by atoms with van der Waals surface area (Å²) in [5.41, 5.74) is 5.71. The van der Waals surface area contributed by atoms with Gasteiger partial charge in [0, 0.05) is 38.5 Å². The molecule has 8 heteroatoms. The maximum Gasteiger partial charge on any atom is 0.183 e. The van der Waals surface area contributed by atoms with E-state index in [1.807, 2.05) is 88.1 Å². The predicted octanol–water partition coefficient (Wildman–Crippen LogP) is 3.63. The summed E-state index contributed by atoms with van der Waals surface area (Å²) < 4.78 is 7.48. The number of morpholine rings is 1. The summed E-state index contributed by atoms with van der Waals surface area (Å²) >= 11 is 0. The van der Waals surface area contributed by atoms with Crippen LogP contribution in [0.4, 0.5) is 5.82 Å². The second kappa shape index (κ2) is 11.9. The van der Waals surface area contributed by atoms with Gasteiger partial charge in [-0.05, 0) is 11.1 Å². The Labute approximate surface area is 213 Å². The summed E-state index contributed by atoms with van der Waals surface area (Å²) in [5, 5.41) is 0. The molecule has 1 aliphatic rings. The molecule has 1 aliphatic heterocycles. The van der Waals surface area contributed by atoms with E-state index < -0.39 is 0 Å². The topological polar surface area (TPSA) is 73.1 Å². The van der Waals surface area contributed by atoms with Gasteiger partial charge in [-0.15, -0.1) is 0 Å². The van der Waals surface area contributed by atoms with E-state index in [1.54, 1.807) is 6.33 Å². The van der Waals surface area contributed by atoms with Crippen LogP contribution in [-0.2, 0) is 29.4 Å².